The molecule has 2 nitrogen and oxygen atoms in total. The number of piperidine rings is 1. The molecule has 2 fully saturated rings. The highest BCUT2D eigenvalue weighted by Gasteiger charge is 2.40. The van der Waals surface area contributed by atoms with E-state index in [0.717, 1.165) is 25.0 Å². The molecule has 3 rings (SSSR count). The first-order valence-corrected chi connectivity index (χ1v) is 6.41. The van der Waals surface area contributed by atoms with Crippen LogP contribution in [0.15, 0.2) is 24.3 Å². The number of rotatable bonds is 3. The van der Waals surface area contributed by atoms with E-state index in [1.165, 1.54) is 30.6 Å². The minimum Gasteiger partial charge on any atom is -0.314 e. The van der Waals surface area contributed by atoms with Gasteiger partial charge in [0, 0.05) is 31.7 Å². The molecule has 2 aliphatic rings. The first kappa shape index (κ1) is 10.3. The molecule has 1 aromatic rings. The van der Waals surface area contributed by atoms with Crippen LogP contribution < -0.4 is 5.32 Å². The number of benzene rings is 1. The highest BCUT2D eigenvalue weighted by Crippen LogP contribution is 2.30. The van der Waals surface area contributed by atoms with E-state index in [9.17, 15) is 0 Å². The number of fused-ring (bicyclic) bond motifs is 2. The zero-order valence-corrected chi connectivity index (χ0v) is 9.95. The van der Waals surface area contributed by atoms with E-state index in [4.69, 9.17) is 0 Å². The lowest BCUT2D eigenvalue weighted by Gasteiger charge is -2.53. The maximum Gasteiger partial charge on any atom is 0.0243 e. The molecule has 2 unspecified atom stereocenters. The van der Waals surface area contributed by atoms with Gasteiger partial charge < -0.3 is 5.32 Å². The van der Waals surface area contributed by atoms with Crippen LogP contribution in [0.1, 0.15) is 24.5 Å². The molecule has 16 heavy (non-hydrogen) atoms. The van der Waals surface area contributed by atoms with Crippen molar-refractivity contribution in [1.29, 1.82) is 0 Å². The lowest BCUT2D eigenvalue weighted by molar-refractivity contribution is -0.0206. The van der Waals surface area contributed by atoms with Crippen LogP contribution in [-0.4, -0.2) is 30.1 Å². The van der Waals surface area contributed by atoms with Gasteiger partial charge in [0.05, 0.1) is 0 Å². The molecule has 86 valence electrons. The fraction of sp³-hybridized carbons (Fsp3) is 0.571. The summed E-state index contributed by atoms with van der Waals surface area (Å²) in [6.45, 7) is 5.74. The fourth-order valence-electron chi connectivity index (χ4n) is 2.98. The Bertz CT molecular complexity index is 361. The van der Waals surface area contributed by atoms with Gasteiger partial charge in [-0.3, -0.25) is 4.90 Å². The summed E-state index contributed by atoms with van der Waals surface area (Å²) in [6, 6.07) is 10.6. The normalized spacial score (nSPS) is 28.8. The Kier molecular flexibility index (Phi) is 2.70. The van der Waals surface area contributed by atoms with Crippen LogP contribution in [-0.2, 0) is 13.0 Å². The molecule has 2 saturated heterocycles. The lowest BCUT2D eigenvalue weighted by Crippen LogP contribution is -2.67. The van der Waals surface area contributed by atoms with E-state index in [1.807, 2.05) is 0 Å². The van der Waals surface area contributed by atoms with Crippen molar-refractivity contribution in [2.75, 3.05) is 13.1 Å². The van der Waals surface area contributed by atoms with Gasteiger partial charge in [-0.25, -0.2) is 0 Å². The zero-order chi connectivity index (χ0) is 11.0. The van der Waals surface area contributed by atoms with Crippen LogP contribution >= 0.6 is 0 Å². The van der Waals surface area contributed by atoms with E-state index >= 15 is 0 Å². The van der Waals surface area contributed by atoms with E-state index in [0.29, 0.717) is 0 Å². The van der Waals surface area contributed by atoms with Gasteiger partial charge in [0.2, 0.25) is 0 Å². The van der Waals surface area contributed by atoms with E-state index < -0.39 is 0 Å². The van der Waals surface area contributed by atoms with Gasteiger partial charge in [-0.05, 0) is 24.0 Å². The smallest absolute Gasteiger partial charge is 0.0243 e. The second-order valence-electron chi connectivity index (χ2n) is 5.05. The largest absolute Gasteiger partial charge is 0.314 e. The third-order valence-corrected chi connectivity index (χ3v) is 4.01. The van der Waals surface area contributed by atoms with Crippen molar-refractivity contribution in [3.05, 3.63) is 35.4 Å². The van der Waals surface area contributed by atoms with E-state index in [-0.39, 0.29) is 0 Å². The van der Waals surface area contributed by atoms with Gasteiger partial charge in [0.1, 0.15) is 0 Å². The number of piperazine rings is 1. The quantitative estimate of drug-likeness (QED) is 0.829. The Labute approximate surface area is 97.6 Å². The van der Waals surface area contributed by atoms with Crippen molar-refractivity contribution in [1.82, 2.24) is 10.2 Å². The summed E-state index contributed by atoms with van der Waals surface area (Å²) in [7, 11) is 0. The molecule has 0 amide bonds. The molecule has 1 aromatic carbocycles. The predicted molar refractivity (Wildman–Crippen MR) is 66.4 cm³/mol. The molecule has 1 N–H and O–H groups in total. The van der Waals surface area contributed by atoms with Crippen molar-refractivity contribution >= 4 is 0 Å². The number of hydrogen-bond donors (Lipinski definition) is 1. The topological polar surface area (TPSA) is 15.3 Å². The molecule has 0 spiro atoms. The molecule has 2 aliphatic heterocycles. The van der Waals surface area contributed by atoms with Gasteiger partial charge >= 0.3 is 0 Å². The average molecular weight is 216 g/mol. The van der Waals surface area contributed by atoms with Gasteiger partial charge in [-0.2, -0.15) is 0 Å². The summed E-state index contributed by atoms with van der Waals surface area (Å²) < 4.78 is 0. The van der Waals surface area contributed by atoms with Gasteiger partial charge in [0.25, 0.3) is 0 Å². The minimum absolute atomic E-state index is 0.795. The number of aryl methyl sites for hydroxylation is 1. The predicted octanol–water partition coefficient (Wildman–Crippen LogP) is 1.80. The molecule has 2 heterocycles. The lowest BCUT2D eigenvalue weighted by atomic mass is 9.88. The Morgan fingerprint density at radius 1 is 1.25 bits per heavy atom. The third kappa shape index (κ3) is 1.76. The minimum atomic E-state index is 0.795. The Morgan fingerprint density at radius 2 is 2.00 bits per heavy atom. The summed E-state index contributed by atoms with van der Waals surface area (Å²) in [5, 5.41) is 3.48. The molecular formula is C14H20N2. The zero-order valence-electron chi connectivity index (χ0n) is 9.95. The Hall–Kier alpha value is -0.860. The first-order chi connectivity index (χ1) is 7.86. The maximum absolute atomic E-state index is 3.48. The van der Waals surface area contributed by atoms with Crippen LogP contribution in [0.5, 0.6) is 0 Å². The Morgan fingerprint density at radius 3 is 2.69 bits per heavy atom. The molecule has 2 atom stereocenters. The Balaban J connectivity index is 1.69. The standard InChI is InChI=1S/C14H20N2/c1-2-11-4-3-5-12(6-11)10-16-13-7-14(16)9-15-8-13/h3-6,13-15H,2,7-10H2,1H3. The molecule has 2 bridgehead atoms. The van der Waals surface area contributed by atoms with Gasteiger partial charge in [-0.15, -0.1) is 0 Å². The van der Waals surface area contributed by atoms with Crippen LogP contribution in [0.3, 0.4) is 0 Å². The summed E-state index contributed by atoms with van der Waals surface area (Å²) >= 11 is 0. The van der Waals surface area contributed by atoms with E-state index in [1.54, 1.807) is 0 Å². The first-order valence-electron chi connectivity index (χ1n) is 6.41. The third-order valence-electron chi connectivity index (χ3n) is 4.01. The highest BCUT2D eigenvalue weighted by atomic mass is 15.3. The number of nitrogens with zero attached hydrogens (tertiary/aromatic N) is 1. The van der Waals surface area contributed by atoms with Gasteiger partial charge in [0.15, 0.2) is 0 Å². The van der Waals surface area contributed by atoms with Crippen LogP contribution in [0.2, 0.25) is 0 Å². The number of nitrogens with one attached hydrogen (secondary N) is 1. The van der Waals surface area contributed by atoms with Crippen LogP contribution in [0.25, 0.3) is 0 Å². The molecule has 0 aromatic heterocycles. The van der Waals surface area contributed by atoms with Crippen molar-refractivity contribution in [3.8, 4) is 0 Å². The van der Waals surface area contributed by atoms with Crippen molar-refractivity contribution < 1.29 is 0 Å². The summed E-state index contributed by atoms with van der Waals surface area (Å²) in [5.74, 6) is 0. The van der Waals surface area contributed by atoms with Gasteiger partial charge in [-0.1, -0.05) is 31.2 Å². The molecular weight excluding hydrogens is 196 g/mol. The summed E-state index contributed by atoms with van der Waals surface area (Å²) in [4.78, 5) is 2.66. The van der Waals surface area contributed by atoms with Crippen LogP contribution in [0, 0.1) is 0 Å². The van der Waals surface area contributed by atoms with Crippen molar-refractivity contribution in [2.24, 2.45) is 0 Å². The second-order valence-corrected chi connectivity index (χ2v) is 5.05. The average Bonchev–Trinajstić information content (AvgIpc) is 2.37. The SMILES string of the molecule is CCc1cccc(CN2C3CNCC2C3)c1. The molecule has 0 aliphatic carbocycles. The molecule has 0 saturated carbocycles. The van der Waals surface area contributed by atoms with Crippen molar-refractivity contribution in [2.45, 2.75) is 38.4 Å². The second kappa shape index (κ2) is 4.19. The van der Waals surface area contributed by atoms with Crippen LogP contribution in [0.4, 0.5) is 0 Å². The fourth-order valence-corrected chi connectivity index (χ4v) is 2.98. The maximum atomic E-state index is 3.48. The monoisotopic (exact) mass is 216 g/mol. The summed E-state index contributed by atoms with van der Waals surface area (Å²) in [5.41, 5.74) is 2.94. The highest BCUT2D eigenvalue weighted by molar-refractivity contribution is 5.24. The van der Waals surface area contributed by atoms with E-state index in [2.05, 4.69) is 41.4 Å². The summed E-state index contributed by atoms with van der Waals surface area (Å²) in [6.07, 6.45) is 2.54. The molecule has 0 radical (unpaired) electrons. The molecule has 2 heteroatoms. The van der Waals surface area contributed by atoms with Crippen molar-refractivity contribution in [3.63, 3.8) is 0 Å². The number of hydrogen-bond acceptors (Lipinski definition) is 2.